The average Bonchev–Trinajstić information content (AvgIpc) is 3.65. The molecule has 5 aromatic rings. The first-order valence-corrected chi connectivity index (χ1v) is 14.6. The maximum atomic E-state index is 13.6. The molecule has 1 aromatic carbocycles. The second-order valence-electron chi connectivity index (χ2n) is 9.59. The molecule has 4 aromatic heterocycles. The fraction of sp³-hybridized carbons (Fsp3) is 0.296. The van der Waals surface area contributed by atoms with E-state index in [1.165, 1.54) is 6.33 Å². The van der Waals surface area contributed by atoms with Gasteiger partial charge in [0.2, 0.25) is 0 Å². The van der Waals surface area contributed by atoms with E-state index in [1.54, 1.807) is 0 Å². The third-order valence-corrected chi connectivity index (χ3v) is 8.97. The zero-order valence-electron chi connectivity index (χ0n) is 21.6. The number of hydrogen-bond donors (Lipinski definition) is 1. The van der Waals surface area contributed by atoms with Gasteiger partial charge in [0.15, 0.2) is 23.9 Å². The van der Waals surface area contributed by atoms with Gasteiger partial charge >= 0.3 is 0 Å². The highest BCUT2D eigenvalue weighted by Gasteiger charge is 2.34. The molecule has 0 bridgehead atoms. The van der Waals surface area contributed by atoms with Crippen molar-refractivity contribution in [1.82, 2.24) is 28.8 Å². The smallest absolute Gasteiger partial charge is 0.259 e. The summed E-state index contributed by atoms with van der Waals surface area (Å²) in [5, 5.41) is 11.7. The highest BCUT2D eigenvalue weighted by molar-refractivity contribution is 7.90. The minimum Gasteiger partial charge on any atom is -0.366 e. The minimum absolute atomic E-state index is 0.314. The molecule has 1 aliphatic heterocycles. The van der Waals surface area contributed by atoms with Crippen molar-refractivity contribution in [1.29, 1.82) is 0 Å². The standard InChI is InChI=1S/C27H29N9O2S/c1-2-21-17-31-36-24(29-16-20-8-6-12-28-15-20)14-25(32-27(21)36)34-13-7-11-23(18-34)39(37,38)35-19-30-26(33-35)22-9-4-3-5-10-22/h3-6,8-10,12,14-15,17,19,23,29H,2,7,11,13,16,18H2,1H3/p+1. The topological polar surface area (TPSA) is 124 Å². The predicted octanol–water partition coefficient (Wildman–Crippen LogP) is 2.82. The molecule has 6 rings (SSSR count). The van der Waals surface area contributed by atoms with Gasteiger partial charge in [-0.05, 0) is 25.3 Å². The molecule has 11 nitrogen and oxygen atoms in total. The van der Waals surface area contributed by atoms with Crippen molar-refractivity contribution in [2.24, 2.45) is 0 Å². The van der Waals surface area contributed by atoms with E-state index in [9.17, 15) is 8.42 Å². The van der Waals surface area contributed by atoms with Crippen molar-refractivity contribution in [3.05, 3.63) is 84.6 Å². The van der Waals surface area contributed by atoms with Crippen molar-refractivity contribution in [3.8, 4) is 11.4 Å². The van der Waals surface area contributed by atoms with Gasteiger partial charge in [-0.1, -0.05) is 37.3 Å². The van der Waals surface area contributed by atoms with Gasteiger partial charge < -0.3 is 10.2 Å². The Kier molecular flexibility index (Phi) is 6.69. The van der Waals surface area contributed by atoms with E-state index >= 15 is 0 Å². The van der Waals surface area contributed by atoms with Gasteiger partial charge in [0, 0.05) is 48.5 Å². The first-order chi connectivity index (χ1) is 19.0. The molecule has 0 spiro atoms. The maximum Gasteiger partial charge on any atom is 0.259 e. The van der Waals surface area contributed by atoms with Crippen LogP contribution >= 0.6 is 0 Å². The van der Waals surface area contributed by atoms with Gasteiger partial charge in [-0.3, -0.25) is 0 Å². The summed E-state index contributed by atoms with van der Waals surface area (Å²) < 4.78 is 30.0. The van der Waals surface area contributed by atoms with Gasteiger partial charge in [0.25, 0.3) is 10.0 Å². The van der Waals surface area contributed by atoms with Crippen molar-refractivity contribution in [3.63, 3.8) is 0 Å². The maximum absolute atomic E-state index is 13.6. The van der Waals surface area contributed by atoms with Crippen LogP contribution in [0.2, 0.25) is 0 Å². The predicted molar refractivity (Wildman–Crippen MR) is 148 cm³/mol. The molecule has 1 atom stereocenters. The van der Waals surface area contributed by atoms with Gasteiger partial charge in [-0.25, -0.2) is 23.4 Å². The number of nitrogens with one attached hydrogen (secondary N) is 2. The van der Waals surface area contributed by atoms with E-state index < -0.39 is 15.3 Å². The van der Waals surface area contributed by atoms with Crippen molar-refractivity contribution >= 4 is 27.3 Å². The quantitative estimate of drug-likeness (QED) is 0.316. The molecule has 5 heterocycles. The number of anilines is 2. The highest BCUT2D eigenvalue weighted by Crippen LogP contribution is 2.27. The molecular formula is C27H30N9O2S+. The van der Waals surface area contributed by atoms with Crippen LogP contribution in [0, 0.1) is 0 Å². The Morgan fingerprint density at radius 3 is 2.82 bits per heavy atom. The molecule has 0 amide bonds. The van der Waals surface area contributed by atoms with Crippen LogP contribution in [0.5, 0.6) is 0 Å². The Balaban J connectivity index is 1.28. The Bertz CT molecular complexity index is 1680. The summed E-state index contributed by atoms with van der Waals surface area (Å²) >= 11 is 0. The number of aryl methyl sites for hydroxylation is 1. The lowest BCUT2D eigenvalue weighted by Crippen LogP contribution is -2.44. The number of fused-ring (bicyclic) bond motifs is 1. The summed E-state index contributed by atoms with van der Waals surface area (Å²) in [6.45, 7) is 3.70. The second-order valence-corrected chi connectivity index (χ2v) is 11.7. The highest BCUT2D eigenvalue weighted by atomic mass is 32.2. The number of benzene rings is 1. The number of pyridine rings is 1. The molecule has 1 fully saturated rings. The fourth-order valence-corrected chi connectivity index (χ4v) is 6.41. The number of aromatic amines is 1. The molecule has 12 heteroatoms. The zero-order valence-corrected chi connectivity index (χ0v) is 22.4. The van der Waals surface area contributed by atoms with Crippen LogP contribution in [0.1, 0.15) is 30.9 Å². The normalized spacial score (nSPS) is 16.0. The summed E-state index contributed by atoms with van der Waals surface area (Å²) in [4.78, 5) is 14.3. The Labute approximate surface area is 226 Å². The minimum atomic E-state index is -3.75. The number of rotatable bonds is 8. The second kappa shape index (κ2) is 10.4. The first kappa shape index (κ1) is 25.0. The SMILES string of the molecule is CCc1cnn2c(NCc3ccc[nH+]c3)cc(N3CCCC(S(=O)(=O)n4cnc(-c5ccccc5)n4)C3)nc12. The van der Waals surface area contributed by atoms with Crippen LogP contribution < -0.4 is 15.2 Å². The third kappa shape index (κ3) is 4.94. The monoisotopic (exact) mass is 544 g/mol. The third-order valence-electron chi connectivity index (χ3n) is 7.05. The molecule has 1 aliphatic rings. The van der Waals surface area contributed by atoms with Crippen LogP contribution in [0.25, 0.3) is 17.0 Å². The first-order valence-electron chi connectivity index (χ1n) is 13.1. The van der Waals surface area contributed by atoms with Crippen molar-refractivity contribution < 1.29 is 13.4 Å². The Hall–Kier alpha value is -4.32. The van der Waals surface area contributed by atoms with Crippen LogP contribution in [0.4, 0.5) is 11.6 Å². The number of H-pyrrole nitrogens is 1. The molecule has 2 N–H and O–H groups in total. The van der Waals surface area contributed by atoms with Crippen molar-refractivity contribution in [2.45, 2.75) is 38.0 Å². The number of piperidine rings is 1. The lowest BCUT2D eigenvalue weighted by Gasteiger charge is -2.33. The van der Waals surface area contributed by atoms with E-state index in [4.69, 9.17) is 4.98 Å². The van der Waals surface area contributed by atoms with Crippen LogP contribution in [-0.4, -0.2) is 55.5 Å². The van der Waals surface area contributed by atoms with E-state index in [0.29, 0.717) is 31.9 Å². The molecular weight excluding hydrogens is 514 g/mol. The van der Waals surface area contributed by atoms with E-state index in [0.717, 1.165) is 50.9 Å². The molecule has 0 aliphatic carbocycles. The molecule has 1 saturated heterocycles. The van der Waals surface area contributed by atoms with E-state index in [2.05, 4.69) is 37.3 Å². The van der Waals surface area contributed by atoms with E-state index in [1.807, 2.05) is 71.6 Å². The van der Waals surface area contributed by atoms with Gasteiger partial charge in [-0.2, -0.15) is 9.61 Å². The fourth-order valence-electron chi connectivity index (χ4n) is 4.90. The van der Waals surface area contributed by atoms with Crippen LogP contribution in [-0.2, 0) is 23.0 Å². The van der Waals surface area contributed by atoms with Crippen molar-refractivity contribution in [2.75, 3.05) is 23.3 Å². The number of hydrogen-bond acceptors (Lipinski definition) is 8. The lowest BCUT2D eigenvalue weighted by molar-refractivity contribution is -0.378. The van der Waals surface area contributed by atoms with E-state index in [-0.39, 0.29) is 0 Å². The molecule has 200 valence electrons. The average molecular weight is 545 g/mol. The summed E-state index contributed by atoms with van der Waals surface area (Å²) in [6, 6.07) is 15.3. The summed E-state index contributed by atoms with van der Waals surface area (Å²) in [6.07, 6.45) is 9.01. The largest absolute Gasteiger partial charge is 0.366 e. The number of nitrogens with zero attached hydrogens (tertiary/aromatic N) is 7. The molecule has 1 unspecified atom stereocenters. The molecule has 0 saturated carbocycles. The molecule has 39 heavy (non-hydrogen) atoms. The Morgan fingerprint density at radius 1 is 1.15 bits per heavy atom. The van der Waals surface area contributed by atoms with Gasteiger partial charge in [0.1, 0.15) is 18.0 Å². The van der Waals surface area contributed by atoms with Crippen LogP contribution in [0.3, 0.4) is 0 Å². The summed E-state index contributed by atoms with van der Waals surface area (Å²) in [7, 11) is -3.75. The van der Waals surface area contributed by atoms with Gasteiger partial charge in [0.05, 0.1) is 11.4 Å². The van der Waals surface area contributed by atoms with Gasteiger partial charge in [-0.15, -0.1) is 9.19 Å². The zero-order chi connectivity index (χ0) is 26.8. The number of aromatic nitrogens is 7. The van der Waals surface area contributed by atoms with Crippen LogP contribution in [0.15, 0.2) is 73.4 Å². The Morgan fingerprint density at radius 2 is 2.03 bits per heavy atom. The molecule has 0 radical (unpaired) electrons. The summed E-state index contributed by atoms with van der Waals surface area (Å²) in [5.74, 6) is 1.91. The summed E-state index contributed by atoms with van der Waals surface area (Å²) in [5.41, 5.74) is 3.67. The lowest BCUT2D eigenvalue weighted by atomic mass is 10.1.